The Kier molecular flexibility index (Phi) is 6.06. The van der Waals surface area contributed by atoms with Crippen LogP contribution < -0.4 is 18.9 Å². The molecule has 4 aromatic carbocycles. The van der Waals surface area contributed by atoms with E-state index in [1.165, 1.54) is 55.6 Å². The Balaban J connectivity index is 1.51. The SMILES string of the molecule is COc1c(C)c2c(c(CCc3c4c(c(C)c(OC)c3OC)-c3ccccc3C4)c1OC)Cc1ccccc1-2. The maximum Gasteiger partial charge on any atom is 0.164 e. The predicted octanol–water partition coefficient (Wildman–Crippen LogP) is 7.27. The predicted molar refractivity (Wildman–Crippen MR) is 152 cm³/mol. The van der Waals surface area contributed by atoms with Gasteiger partial charge in [-0.3, -0.25) is 0 Å². The van der Waals surface area contributed by atoms with Crippen LogP contribution in [0.3, 0.4) is 0 Å². The molecular weight excluding hydrogens is 472 g/mol. The van der Waals surface area contributed by atoms with E-state index in [0.29, 0.717) is 0 Å². The summed E-state index contributed by atoms with van der Waals surface area (Å²) in [5, 5.41) is 0. The molecule has 38 heavy (non-hydrogen) atoms. The maximum atomic E-state index is 6.04. The molecule has 0 unspecified atom stereocenters. The van der Waals surface area contributed by atoms with Gasteiger partial charge in [-0.05, 0) is 84.0 Å². The van der Waals surface area contributed by atoms with E-state index in [1.54, 1.807) is 28.4 Å². The number of rotatable bonds is 7. The van der Waals surface area contributed by atoms with Crippen molar-refractivity contribution in [2.45, 2.75) is 39.5 Å². The molecule has 0 atom stereocenters. The van der Waals surface area contributed by atoms with E-state index in [2.05, 4.69) is 62.4 Å². The summed E-state index contributed by atoms with van der Waals surface area (Å²) in [6, 6.07) is 17.4. The summed E-state index contributed by atoms with van der Waals surface area (Å²) in [6.07, 6.45) is 3.42. The summed E-state index contributed by atoms with van der Waals surface area (Å²) < 4.78 is 24.0. The van der Waals surface area contributed by atoms with Crippen LogP contribution in [0.5, 0.6) is 23.0 Å². The highest BCUT2D eigenvalue weighted by molar-refractivity contribution is 5.86. The highest BCUT2D eigenvalue weighted by atomic mass is 16.5. The monoisotopic (exact) mass is 506 g/mol. The molecule has 0 fully saturated rings. The van der Waals surface area contributed by atoms with Crippen LogP contribution in [0, 0.1) is 13.8 Å². The van der Waals surface area contributed by atoms with Gasteiger partial charge >= 0.3 is 0 Å². The van der Waals surface area contributed by atoms with Gasteiger partial charge in [0.25, 0.3) is 0 Å². The number of fused-ring (bicyclic) bond motifs is 6. The standard InChI is InChI=1S/C34H34O4/c1-19-29-23-13-9-7-11-21(23)17-27(29)25(33(37-5)31(19)35-3)15-16-26-28-18-22-12-8-10-14-24(22)30(28)20(2)32(36-4)34(26)38-6/h7-14H,15-18H2,1-6H3. The van der Waals surface area contributed by atoms with Crippen molar-refractivity contribution >= 4 is 0 Å². The molecule has 0 saturated carbocycles. The lowest BCUT2D eigenvalue weighted by atomic mass is 9.88. The first-order valence-electron chi connectivity index (χ1n) is 13.2. The molecule has 0 heterocycles. The van der Waals surface area contributed by atoms with E-state index >= 15 is 0 Å². The Hall–Kier alpha value is -3.92. The largest absolute Gasteiger partial charge is 0.493 e. The molecule has 2 aliphatic carbocycles. The van der Waals surface area contributed by atoms with E-state index in [1.807, 2.05) is 0 Å². The van der Waals surface area contributed by atoms with Gasteiger partial charge in [0.1, 0.15) is 0 Å². The van der Waals surface area contributed by atoms with Crippen molar-refractivity contribution in [1.29, 1.82) is 0 Å². The topological polar surface area (TPSA) is 36.9 Å². The Labute approximate surface area is 225 Å². The van der Waals surface area contributed by atoms with E-state index in [4.69, 9.17) is 18.9 Å². The normalized spacial score (nSPS) is 12.5. The molecule has 0 aliphatic heterocycles. The lowest BCUT2D eigenvalue weighted by Crippen LogP contribution is -2.08. The molecule has 4 nitrogen and oxygen atoms in total. The molecule has 6 rings (SSSR count). The maximum absolute atomic E-state index is 6.04. The molecule has 0 spiro atoms. The molecule has 0 radical (unpaired) electrons. The third-order valence-electron chi connectivity index (χ3n) is 8.47. The first kappa shape index (κ1) is 24.4. The molecule has 2 aliphatic rings. The summed E-state index contributed by atoms with van der Waals surface area (Å²) in [6.45, 7) is 4.29. The van der Waals surface area contributed by atoms with Crippen LogP contribution in [-0.2, 0) is 25.7 Å². The van der Waals surface area contributed by atoms with Crippen LogP contribution in [0.4, 0.5) is 0 Å². The summed E-state index contributed by atoms with van der Waals surface area (Å²) in [4.78, 5) is 0. The lowest BCUT2D eigenvalue weighted by Gasteiger charge is -2.23. The number of ether oxygens (including phenoxy) is 4. The number of benzene rings is 4. The minimum Gasteiger partial charge on any atom is -0.493 e. The van der Waals surface area contributed by atoms with Gasteiger partial charge in [-0.15, -0.1) is 0 Å². The zero-order chi connectivity index (χ0) is 26.6. The second-order valence-electron chi connectivity index (χ2n) is 10.2. The van der Waals surface area contributed by atoms with Crippen molar-refractivity contribution in [3.05, 3.63) is 93.0 Å². The van der Waals surface area contributed by atoms with Gasteiger partial charge in [0, 0.05) is 22.3 Å². The quantitative estimate of drug-likeness (QED) is 0.228. The van der Waals surface area contributed by atoms with E-state index in [-0.39, 0.29) is 0 Å². The molecular formula is C34H34O4. The van der Waals surface area contributed by atoms with Gasteiger partial charge in [-0.1, -0.05) is 48.5 Å². The van der Waals surface area contributed by atoms with Gasteiger partial charge in [-0.25, -0.2) is 0 Å². The summed E-state index contributed by atoms with van der Waals surface area (Å²) in [5.74, 6) is 3.33. The van der Waals surface area contributed by atoms with Crippen molar-refractivity contribution in [3.8, 4) is 45.3 Å². The third kappa shape index (κ3) is 3.43. The zero-order valence-corrected chi connectivity index (χ0v) is 23.1. The van der Waals surface area contributed by atoms with Crippen LogP contribution >= 0.6 is 0 Å². The summed E-state index contributed by atoms with van der Waals surface area (Å²) in [5.41, 5.74) is 15.3. The second-order valence-corrected chi connectivity index (χ2v) is 10.2. The molecule has 194 valence electrons. The van der Waals surface area contributed by atoms with Crippen LogP contribution in [0.1, 0.15) is 44.5 Å². The van der Waals surface area contributed by atoms with Gasteiger partial charge < -0.3 is 18.9 Å². The molecule has 0 saturated heterocycles. The van der Waals surface area contributed by atoms with Crippen LogP contribution in [-0.4, -0.2) is 28.4 Å². The van der Waals surface area contributed by atoms with E-state index in [9.17, 15) is 0 Å². The van der Waals surface area contributed by atoms with Crippen LogP contribution in [0.15, 0.2) is 48.5 Å². The number of methoxy groups -OCH3 is 4. The van der Waals surface area contributed by atoms with Gasteiger partial charge in [-0.2, -0.15) is 0 Å². The average molecular weight is 507 g/mol. The second kappa shape index (κ2) is 9.43. The van der Waals surface area contributed by atoms with Crippen LogP contribution in [0.2, 0.25) is 0 Å². The minimum absolute atomic E-state index is 0.807. The van der Waals surface area contributed by atoms with Crippen LogP contribution in [0.25, 0.3) is 22.3 Å². The van der Waals surface area contributed by atoms with Crippen molar-refractivity contribution in [1.82, 2.24) is 0 Å². The molecule has 4 heteroatoms. The lowest BCUT2D eigenvalue weighted by molar-refractivity contribution is 0.347. The highest BCUT2D eigenvalue weighted by Gasteiger charge is 2.32. The Bertz CT molecular complexity index is 1460. The van der Waals surface area contributed by atoms with Crippen molar-refractivity contribution in [2.24, 2.45) is 0 Å². The fraction of sp³-hybridized carbons (Fsp3) is 0.294. The number of hydrogen-bond donors (Lipinski definition) is 0. The fourth-order valence-corrected chi connectivity index (χ4v) is 6.91. The van der Waals surface area contributed by atoms with Gasteiger partial charge in [0.2, 0.25) is 0 Å². The van der Waals surface area contributed by atoms with Gasteiger partial charge in [0.15, 0.2) is 23.0 Å². The van der Waals surface area contributed by atoms with E-state index in [0.717, 1.165) is 59.8 Å². The average Bonchev–Trinajstić information content (AvgIpc) is 3.52. The first-order valence-corrected chi connectivity index (χ1v) is 13.2. The molecule has 0 N–H and O–H groups in total. The van der Waals surface area contributed by atoms with E-state index < -0.39 is 0 Å². The number of hydrogen-bond acceptors (Lipinski definition) is 4. The minimum atomic E-state index is 0.807. The summed E-state index contributed by atoms with van der Waals surface area (Å²) >= 11 is 0. The van der Waals surface area contributed by atoms with Crippen molar-refractivity contribution in [3.63, 3.8) is 0 Å². The molecule has 4 aromatic rings. The summed E-state index contributed by atoms with van der Waals surface area (Å²) in [7, 11) is 6.97. The third-order valence-corrected chi connectivity index (χ3v) is 8.47. The molecule has 0 bridgehead atoms. The van der Waals surface area contributed by atoms with Crippen molar-refractivity contribution < 1.29 is 18.9 Å². The van der Waals surface area contributed by atoms with Crippen molar-refractivity contribution in [2.75, 3.05) is 28.4 Å². The Morgan fingerprint density at radius 2 is 0.895 bits per heavy atom. The molecule has 0 amide bonds. The Morgan fingerprint density at radius 1 is 0.526 bits per heavy atom. The van der Waals surface area contributed by atoms with Gasteiger partial charge in [0.05, 0.1) is 28.4 Å². The highest BCUT2D eigenvalue weighted by Crippen LogP contribution is 2.52. The fourth-order valence-electron chi connectivity index (χ4n) is 6.91. The Morgan fingerprint density at radius 3 is 1.26 bits per heavy atom. The smallest absolute Gasteiger partial charge is 0.164 e. The molecule has 0 aromatic heterocycles. The zero-order valence-electron chi connectivity index (χ0n) is 23.1. The first-order chi connectivity index (χ1) is 18.5.